The number of nitrogens with zero attached hydrogens (tertiary/aromatic N) is 2. The predicted octanol–water partition coefficient (Wildman–Crippen LogP) is 4.08. The van der Waals surface area contributed by atoms with Crippen LogP contribution in [0.3, 0.4) is 0 Å². The van der Waals surface area contributed by atoms with E-state index in [0.717, 1.165) is 5.56 Å². The molecule has 0 saturated carbocycles. The summed E-state index contributed by atoms with van der Waals surface area (Å²) in [7, 11) is 0. The molecule has 4 aromatic rings. The first-order chi connectivity index (χ1) is 15.1. The monoisotopic (exact) mass is 433 g/mol. The number of carbonyl (C=O) groups excluding carboxylic acids is 1. The molecule has 0 atom stereocenters. The summed E-state index contributed by atoms with van der Waals surface area (Å²) in [5, 5.41) is 4.06. The summed E-state index contributed by atoms with van der Waals surface area (Å²) in [5.41, 5.74) is 1.46. The van der Waals surface area contributed by atoms with Gasteiger partial charge >= 0.3 is 0 Å². The van der Waals surface area contributed by atoms with E-state index < -0.39 is 11.5 Å². The van der Waals surface area contributed by atoms with E-state index in [9.17, 15) is 9.59 Å². The number of hydrogen-bond acceptors (Lipinski definition) is 5. The van der Waals surface area contributed by atoms with E-state index in [-0.39, 0.29) is 18.9 Å². The van der Waals surface area contributed by atoms with Crippen LogP contribution in [0.1, 0.15) is 15.9 Å². The number of hydrogen-bond donors (Lipinski definition) is 1. The van der Waals surface area contributed by atoms with Gasteiger partial charge in [0.15, 0.2) is 11.5 Å². The van der Waals surface area contributed by atoms with Crippen molar-refractivity contribution >= 4 is 34.2 Å². The van der Waals surface area contributed by atoms with Crippen molar-refractivity contribution in [2.75, 3.05) is 12.1 Å². The maximum absolute atomic E-state index is 13.3. The molecule has 0 aliphatic carbocycles. The number of amides is 1. The number of fused-ring (bicyclic) bond motifs is 2. The number of ether oxygens (including phenoxy) is 2. The van der Waals surface area contributed by atoms with Gasteiger partial charge in [-0.3, -0.25) is 14.2 Å². The number of aromatic nitrogens is 2. The Morgan fingerprint density at radius 3 is 2.71 bits per heavy atom. The second-order valence-electron chi connectivity index (χ2n) is 7.01. The van der Waals surface area contributed by atoms with Crippen LogP contribution in [-0.2, 0) is 6.54 Å². The van der Waals surface area contributed by atoms with Gasteiger partial charge in [-0.15, -0.1) is 0 Å². The van der Waals surface area contributed by atoms with Crippen molar-refractivity contribution in [3.63, 3.8) is 0 Å². The molecule has 1 aliphatic rings. The zero-order chi connectivity index (χ0) is 21.4. The average Bonchev–Trinajstić information content (AvgIpc) is 3.24. The molecule has 0 spiro atoms. The largest absolute Gasteiger partial charge is 0.454 e. The van der Waals surface area contributed by atoms with Crippen LogP contribution in [0.2, 0.25) is 5.02 Å². The molecule has 1 N–H and O–H groups in total. The summed E-state index contributed by atoms with van der Waals surface area (Å²) in [4.78, 5) is 30.6. The van der Waals surface area contributed by atoms with Crippen LogP contribution in [0.5, 0.6) is 11.5 Å². The van der Waals surface area contributed by atoms with Crippen molar-refractivity contribution in [1.29, 1.82) is 0 Å². The number of nitrogens with one attached hydrogen (secondary N) is 1. The van der Waals surface area contributed by atoms with Gasteiger partial charge in [0, 0.05) is 28.4 Å². The van der Waals surface area contributed by atoms with Gasteiger partial charge < -0.3 is 14.8 Å². The van der Waals surface area contributed by atoms with Crippen LogP contribution in [0, 0.1) is 0 Å². The van der Waals surface area contributed by atoms with E-state index in [0.29, 0.717) is 33.2 Å². The maximum Gasteiger partial charge on any atom is 0.265 e. The molecular weight excluding hydrogens is 418 g/mol. The molecule has 1 amide bonds. The van der Waals surface area contributed by atoms with E-state index in [2.05, 4.69) is 10.3 Å². The van der Waals surface area contributed by atoms with Crippen molar-refractivity contribution in [3.8, 4) is 11.5 Å². The minimum atomic E-state index is -0.514. The molecule has 2 aromatic heterocycles. The third kappa shape index (κ3) is 3.71. The van der Waals surface area contributed by atoms with Gasteiger partial charge in [-0.05, 0) is 48.0 Å². The lowest BCUT2D eigenvalue weighted by atomic mass is 10.1. The molecule has 0 fully saturated rings. The number of rotatable bonds is 4. The van der Waals surface area contributed by atoms with Crippen molar-refractivity contribution in [2.24, 2.45) is 0 Å². The number of halogens is 1. The van der Waals surface area contributed by atoms with Gasteiger partial charge in [0.2, 0.25) is 6.79 Å². The van der Waals surface area contributed by atoms with Gasteiger partial charge in [-0.1, -0.05) is 23.7 Å². The summed E-state index contributed by atoms with van der Waals surface area (Å²) in [6.45, 7) is 0.397. The lowest BCUT2D eigenvalue weighted by Crippen LogP contribution is -2.30. The number of carbonyl (C=O) groups is 1. The van der Waals surface area contributed by atoms with Crippen LogP contribution >= 0.6 is 11.6 Å². The SMILES string of the molecule is O=C(Nc1ccc2c(c1)OCO2)c1cc2cccnc2n(Cc2ccc(Cl)cc2)c1=O. The van der Waals surface area contributed by atoms with Crippen LogP contribution < -0.4 is 20.3 Å². The molecule has 0 saturated heterocycles. The molecule has 8 heteroatoms. The standard InChI is InChI=1S/C23H16ClN3O4/c24-16-5-3-14(4-6-16)12-27-21-15(2-1-9-25-21)10-18(23(27)29)22(28)26-17-7-8-19-20(11-17)31-13-30-19/h1-11H,12-13H2,(H,26,28). The Labute approximate surface area is 181 Å². The van der Waals surface area contributed by atoms with Crippen molar-refractivity contribution < 1.29 is 14.3 Å². The van der Waals surface area contributed by atoms with Gasteiger partial charge in [0.25, 0.3) is 11.5 Å². The van der Waals surface area contributed by atoms with E-state index in [1.54, 1.807) is 48.7 Å². The fourth-order valence-electron chi connectivity index (χ4n) is 3.46. The molecule has 0 bridgehead atoms. The quantitative estimate of drug-likeness (QED) is 0.524. The van der Waals surface area contributed by atoms with Gasteiger partial charge in [-0.25, -0.2) is 4.98 Å². The Kier molecular flexibility index (Phi) is 4.80. The minimum absolute atomic E-state index is 0.0205. The average molecular weight is 434 g/mol. The molecule has 0 unspecified atom stereocenters. The third-order valence-electron chi connectivity index (χ3n) is 4.98. The number of benzene rings is 2. The fraction of sp³-hybridized carbons (Fsp3) is 0.0870. The van der Waals surface area contributed by atoms with Crippen LogP contribution in [0.25, 0.3) is 11.0 Å². The van der Waals surface area contributed by atoms with E-state index in [1.165, 1.54) is 4.57 Å². The Balaban J connectivity index is 1.54. The predicted molar refractivity (Wildman–Crippen MR) is 117 cm³/mol. The molecule has 3 heterocycles. The summed E-state index contributed by atoms with van der Waals surface area (Å²) in [6.07, 6.45) is 1.62. The zero-order valence-electron chi connectivity index (χ0n) is 16.2. The topological polar surface area (TPSA) is 82.4 Å². The molecule has 154 valence electrons. The first kappa shape index (κ1) is 19.1. The molecule has 5 rings (SSSR count). The lowest BCUT2D eigenvalue weighted by molar-refractivity contribution is 0.102. The Morgan fingerprint density at radius 2 is 1.87 bits per heavy atom. The van der Waals surface area contributed by atoms with Gasteiger partial charge in [0.05, 0.1) is 6.54 Å². The normalized spacial score (nSPS) is 12.2. The van der Waals surface area contributed by atoms with Crippen molar-refractivity contribution in [2.45, 2.75) is 6.54 Å². The molecule has 1 aliphatic heterocycles. The Bertz CT molecular complexity index is 1370. The van der Waals surface area contributed by atoms with Crippen LogP contribution in [-0.4, -0.2) is 22.3 Å². The smallest absolute Gasteiger partial charge is 0.265 e. The van der Waals surface area contributed by atoms with Crippen LogP contribution in [0.4, 0.5) is 5.69 Å². The minimum Gasteiger partial charge on any atom is -0.454 e. The van der Waals surface area contributed by atoms with Crippen molar-refractivity contribution in [1.82, 2.24) is 9.55 Å². The molecular formula is C23H16ClN3O4. The second kappa shape index (κ2) is 7.77. The van der Waals surface area contributed by atoms with E-state index >= 15 is 0 Å². The first-order valence-electron chi connectivity index (χ1n) is 9.52. The summed E-state index contributed by atoms with van der Waals surface area (Å²) >= 11 is 5.97. The molecule has 31 heavy (non-hydrogen) atoms. The van der Waals surface area contributed by atoms with Crippen molar-refractivity contribution in [3.05, 3.63) is 93.4 Å². The molecule has 2 aromatic carbocycles. The van der Waals surface area contributed by atoms with Crippen LogP contribution in [0.15, 0.2) is 71.7 Å². The van der Waals surface area contributed by atoms with E-state index in [4.69, 9.17) is 21.1 Å². The maximum atomic E-state index is 13.3. The lowest BCUT2D eigenvalue weighted by Gasteiger charge is -2.13. The highest BCUT2D eigenvalue weighted by Gasteiger charge is 2.19. The molecule has 0 radical (unpaired) electrons. The molecule has 7 nitrogen and oxygen atoms in total. The first-order valence-corrected chi connectivity index (χ1v) is 9.90. The summed E-state index contributed by atoms with van der Waals surface area (Å²) in [5.74, 6) is 0.639. The zero-order valence-corrected chi connectivity index (χ0v) is 16.9. The summed E-state index contributed by atoms with van der Waals surface area (Å²) in [6, 6.07) is 17.4. The van der Waals surface area contributed by atoms with Gasteiger partial charge in [0.1, 0.15) is 11.2 Å². The highest BCUT2D eigenvalue weighted by molar-refractivity contribution is 6.30. The number of anilines is 1. The van der Waals surface area contributed by atoms with E-state index in [1.807, 2.05) is 18.2 Å². The highest BCUT2D eigenvalue weighted by Crippen LogP contribution is 2.34. The summed E-state index contributed by atoms with van der Waals surface area (Å²) < 4.78 is 12.1. The highest BCUT2D eigenvalue weighted by atomic mass is 35.5. The Morgan fingerprint density at radius 1 is 1.06 bits per heavy atom. The fourth-order valence-corrected chi connectivity index (χ4v) is 3.59. The number of pyridine rings is 2. The second-order valence-corrected chi connectivity index (χ2v) is 7.45. The third-order valence-corrected chi connectivity index (χ3v) is 5.23. The Hall–Kier alpha value is -3.84. The van der Waals surface area contributed by atoms with Gasteiger partial charge in [-0.2, -0.15) is 0 Å².